The van der Waals surface area contributed by atoms with Crippen molar-refractivity contribution in [1.82, 2.24) is 0 Å². The lowest BCUT2D eigenvalue weighted by Gasteiger charge is -2.13. The lowest BCUT2D eigenvalue weighted by molar-refractivity contribution is 0.0319. The third kappa shape index (κ3) is 3.30. The second-order valence-electron chi connectivity index (χ2n) is 5.73. The van der Waals surface area contributed by atoms with Crippen LogP contribution in [0.5, 0.6) is 0 Å². The van der Waals surface area contributed by atoms with Crippen molar-refractivity contribution in [2.45, 2.75) is 32.3 Å². The molecule has 3 nitrogen and oxygen atoms in total. The Balaban J connectivity index is 1.73. The van der Waals surface area contributed by atoms with Gasteiger partial charge in [-0.15, -0.1) is 0 Å². The van der Waals surface area contributed by atoms with Gasteiger partial charge in [0.2, 0.25) is 5.78 Å². The van der Waals surface area contributed by atoms with Gasteiger partial charge >= 0.3 is 5.97 Å². The van der Waals surface area contributed by atoms with E-state index in [0.717, 1.165) is 19.3 Å². The maximum Gasteiger partial charge on any atom is 0.340 e. The number of benzene rings is 2. The Morgan fingerprint density at radius 2 is 1.83 bits per heavy atom. The molecule has 0 spiro atoms. The summed E-state index contributed by atoms with van der Waals surface area (Å²) < 4.78 is 5.28. The number of aryl methyl sites for hydroxylation is 2. The van der Waals surface area contributed by atoms with Gasteiger partial charge in [-0.05, 0) is 55.5 Å². The van der Waals surface area contributed by atoms with Crippen LogP contribution in [0.2, 0.25) is 5.02 Å². The van der Waals surface area contributed by atoms with Gasteiger partial charge in [0.15, 0.2) is 6.10 Å². The van der Waals surface area contributed by atoms with Gasteiger partial charge in [0.25, 0.3) is 0 Å². The molecule has 0 unspecified atom stereocenters. The second kappa shape index (κ2) is 6.55. The van der Waals surface area contributed by atoms with E-state index in [1.54, 1.807) is 31.2 Å². The van der Waals surface area contributed by atoms with Crippen LogP contribution in [-0.2, 0) is 17.6 Å². The van der Waals surface area contributed by atoms with E-state index in [-0.39, 0.29) is 11.3 Å². The van der Waals surface area contributed by atoms with Crippen molar-refractivity contribution in [3.8, 4) is 0 Å². The minimum absolute atomic E-state index is 0.194. The Morgan fingerprint density at radius 1 is 1.09 bits per heavy atom. The van der Waals surface area contributed by atoms with Gasteiger partial charge in [-0.25, -0.2) is 4.79 Å². The highest BCUT2D eigenvalue weighted by Gasteiger charge is 2.23. The van der Waals surface area contributed by atoms with E-state index >= 15 is 0 Å². The summed E-state index contributed by atoms with van der Waals surface area (Å²) in [5.74, 6) is -0.780. The molecule has 0 saturated heterocycles. The average molecular weight is 329 g/mol. The summed E-state index contributed by atoms with van der Waals surface area (Å²) in [4.78, 5) is 24.6. The van der Waals surface area contributed by atoms with E-state index in [4.69, 9.17) is 16.3 Å². The second-order valence-corrected chi connectivity index (χ2v) is 6.14. The molecule has 0 aromatic heterocycles. The van der Waals surface area contributed by atoms with Crippen LogP contribution < -0.4 is 0 Å². The van der Waals surface area contributed by atoms with Gasteiger partial charge in [0, 0.05) is 5.56 Å². The monoisotopic (exact) mass is 328 g/mol. The van der Waals surface area contributed by atoms with E-state index in [0.29, 0.717) is 10.6 Å². The quantitative estimate of drug-likeness (QED) is 0.622. The first-order chi connectivity index (χ1) is 11.1. The lowest BCUT2D eigenvalue weighted by atomic mass is 10.0. The molecular formula is C19H17ClO3. The molecule has 0 amide bonds. The summed E-state index contributed by atoms with van der Waals surface area (Å²) in [5, 5.41) is 0.315. The lowest BCUT2D eigenvalue weighted by Crippen LogP contribution is -2.24. The highest BCUT2D eigenvalue weighted by Crippen LogP contribution is 2.24. The van der Waals surface area contributed by atoms with Gasteiger partial charge in [-0.3, -0.25) is 4.79 Å². The zero-order chi connectivity index (χ0) is 16.4. The first-order valence-corrected chi connectivity index (χ1v) is 8.05. The first kappa shape index (κ1) is 15.8. The number of carbonyl (C=O) groups excluding carboxylic acids is 2. The molecule has 0 radical (unpaired) electrons. The van der Waals surface area contributed by atoms with Crippen LogP contribution in [0.25, 0.3) is 0 Å². The largest absolute Gasteiger partial charge is 0.451 e. The number of rotatable bonds is 4. The van der Waals surface area contributed by atoms with Crippen molar-refractivity contribution in [1.29, 1.82) is 0 Å². The summed E-state index contributed by atoms with van der Waals surface area (Å²) >= 11 is 5.98. The molecule has 2 aromatic carbocycles. The van der Waals surface area contributed by atoms with Crippen molar-refractivity contribution >= 4 is 23.4 Å². The molecule has 4 heteroatoms. The van der Waals surface area contributed by atoms with Crippen LogP contribution in [0.3, 0.4) is 0 Å². The van der Waals surface area contributed by atoms with Gasteiger partial charge < -0.3 is 4.74 Å². The Hall–Kier alpha value is -2.13. The molecule has 0 heterocycles. The topological polar surface area (TPSA) is 43.4 Å². The predicted octanol–water partition coefficient (Wildman–Crippen LogP) is 4.26. The van der Waals surface area contributed by atoms with Crippen molar-refractivity contribution < 1.29 is 14.3 Å². The predicted molar refractivity (Wildman–Crippen MR) is 89.1 cm³/mol. The number of esters is 1. The van der Waals surface area contributed by atoms with E-state index in [9.17, 15) is 9.59 Å². The number of carbonyl (C=O) groups is 2. The fourth-order valence-electron chi connectivity index (χ4n) is 2.86. The fraction of sp³-hybridized carbons (Fsp3) is 0.263. The SMILES string of the molecule is C[C@H](OC(=O)c1ccccc1Cl)C(=O)c1ccc2c(c1)CCC2. The van der Waals surface area contributed by atoms with E-state index in [1.165, 1.54) is 11.1 Å². The van der Waals surface area contributed by atoms with Gasteiger partial charge in [0.1, 0.15) is 0 Å². The van der Waals surface area contributed by atoms with Crippen LogP contribution in [0.1, 0.15) is 45.2 Å². The van der Waals surface area contributed by atoms with Crippen molar-refractivity contribution in [2.75, 3.05) is 0 Å². The van der Waals surface area contributed by atoms with E-state index in [1.807, 2.05) is 18.2 Å². The van der Waals surface area contributed by atoms with Crippen LogP contribution in [0, 0.1) is 0 Å². The van der Waals surface area contributed by atoms with Crippen molar-refractivity contribution in [2.24, 2.45) is 0 Å². The molecule has 1 atom stereocenters. The molecule has 0 fully saturated rings. The van der Waals surface area contributed by atoms with Crippen LogP contribution in [0.4, 0.5) is 0 Å². The van der Waals surface area contributed by atoms with Crippen molar-refractivity contribution in [3.05, 3.63) is 69.7 Å². The summed E-state index contributed by atoms with van der Waals surface area (Å²) in [6.07, 6.45) is 2.35. The molecular weight excluding hydrogens is 312 g/mol. The minimum atomic E-state index is -0.849. The molecule has 1 aliphatic rings. The Bertz CT molecular complexity index is 767. The standard InChI is InChI=1S/C19H17ClO3/c1-12(23-19(22)16-7-2-3-8-17(16)20)18(21)15-10-9-13-5-4-6-14(13)11-15/h2-3,7-12H,4-6H2,1H3/t12-/m0/s1. The first-order valence-electron chi connectivity index (χ1n) is 7.68. The summed E-state index contributed by atoms with van der Waals surface area (Å²) in [7, 11) is 0. The number of fused-ring (bicyclic) bond motifs is 1. The highest BCUT2D eigenvalue weighted by molar-refractivity contribution is 6.33. The fourth-order valence-corrected chi connectivity index (χ4v) is 3.08. The Labute approximate surface area is 140 Å². The normalized spacial score (nSPS) is 14.2. The maximum atomic E-state index is 12.5. The molecule has 0 N–H and O–H groups in total. The third-order valence-electron chi connectivity index (χ3n) is 4.13. The molecule has 1 aliphatic carbocycles. The molecule has 0 bridgehead atoms. The summed E-state index contributed by atoms with van der Waals surface area (Å²) in [6, 6.07) is 12.4. The average Bonchev–Trinajstić information content (AvgIpc) is 3.01. The highest BCUT2D eigenvalue weighted by atomic mass is 35.5. The van der Waals surface area contributed by atoms with Gasteiger partial charge in [0.05, 0.1) is 10.6 Å². The van der Waals surface area contributed by atoms with E-state index in [2.05, 4.69) is 0 Å². The Morgan fingerprint density at radius 3 is 2.61 bits per heavy atom. The van der Waals surface area contributed by atoms with Gasteiger partial charge in [-0.1, -0.05) is 35.9 Å². The summed E-state index contributed by atoms with van der Waals surface area (Å²) in [6.45, 7) is 1.59. The molecule has 3 rings (SSSR count). The molecule has 118 valence electrons. The number of ether oxygens (including phenoxy) is 1. The molecule has 2 aromatic rings. The van der Waals surface area contributed by atoms with E-state index < -0.39 is 12.1 Å². The maximum absolute atomic E-state index is 12.5. The van der Waals surface area contributed by atoms with Crippen LogP contribution in [-0.4, -0.2) is 17.9 Å². The van der Waals surface area contributed by atoms with Gasteiger partial charge in [-0.2, -0.15) is 0 Å². The molecule has 0 aliphatic heterocycles. The third-order valence-corrected chi connectivity index (χ3v) is 4.46. The zero-order valence-electron chi connectivity index (χ0n) is 12.8. The Kier molecular flexibility index (Phi) is 4.49. The summed E-state index contributed by atoms with van der Waals surface area (Å²) in [5.41, 5.74) is 3.38. The minimum Gasteiger partial charge on any atom is -0.451 e. The van der Waals surface area contributed by atoms with Crippen molar-refractivity contribution in [3.63, 3.8) is 0 Å². The molecule has 0 saturated carbocycles. The number of ketones is 1. The number of halogens is 1. The van der Waals surface area contributed by atoms with Crippen LogP contribution >= 0.6 is 11.6 Å². The smallest absolute Gasteiger partial charge is 0.340 e. The zero-order valence-corrected chi connectivity index (χ0v) is 13.6. The van der Waals surface area contributed by atoms with Crippen LogP contribution in [0.15, 0.2) is 42.5 Å². The molecule has 23 heavy (non-hydrogen) atoms. The number of hydrogen-bond acceptors (Lipinski definition) is 3. The number of hydrogen-bond donors (Lipinski definition) is 0. The number of Topliss-reactive ketones (excluding diaryl/α,β-unsaturated/α-hetero) is 1.